The van der Waals surface area contributed by atoms with Gasteiger partial charge in [0, 0.05) is 0 Å². The molecule has 0 N–H and O–H groups in total. The van der Waals surface area contributed by atoms with Crippen LogP contribution in [0.2, 0.25) is 0 Å². The molecule has 1 unspecified atom stereocenters. The molecular formula is C11H16. The quantitative estimate of drug-likeness (QED) is 0.493. The van der Waals surface area contributed by atoms with Crippen LogP contribution in [-0.4, -0.2) is 0 Å². The summed E-state index contributed by atoms with van der Waals surface area (Å²) in [5.41, 5.74) is 4.19. The van der Waals surface area contributed by atoms with Crippen molar-refractivity contribution in [2.45, 2.75) is 27.7 Å². The third kappa shape index (κ3) is 2.07. The van der Waals surface area contributed by atoms with Gasteiger partial charge in [-0.2, -0.15) is 0 Å². The highest BCUT2D eigenvalue weighted by molar-refractivity contribution is 5.35. The van der Waals surface area contributed by atoms with Crippen molar-refractivity contribution in [1.29, 1.82) is 0 Å². The molecule has 60 valence electrons. The van der Waals surface area contributed by atoms with E-state index >= 15 is 0 Å². The van der Waals surface area contributed by atoms with Gasteiger partial charge in [-0.25, -0.2) is 0 Å². The number of hydrogen-bond donors (Lipinski definition) is 0. The van der Waals surface area contributed by atoms with Crippen molar-refractivity contribution in [3.05, 3.63) is 34.9 Å². The molecule has 1 aliphatic rings. The summed E-state index contributed by atoms with van der Waals surface area (Å²) >= 11 is 0. The second-order valence-corrected chi connectivity index (χ2v) is 3.48. The van der Waals surface area contributed by atoms with Crippen molar-refractivity contribution in [3.8, 4) is 0 Å². The first-order valence-electron chi connectivity index (χ1n) is 4.14. The third-order valence-electron chi connectivity index (χ3n) is 2.14. The van der Waals surface area contributed by atoms with Gasteiger partial charge in [0.2, 0.25) is 0 Å². The fraction of sp³-hybridized carbons (Fsp3) is 0.455. The van der Waals surface area contributed by atoms with Gasteiger partial charge in [-0.3, -0.25) is 0 Å². The monoisotopic (exact) mass is 148 g/mol. The summed E-state index contributed by atoms with van der Waals surface area (Å²) < 4.78 is 0. The van der Waals surface area contributed by atoms with E-state index in [4.69, 9.17) is 0 Å². The lowest BCUT2D eigenvalue weighted by Crippen LogP contribution is -1.90. The maximum atomic E-state index is 2.31. The van der Waals surface area contributed by atoms with Crippen LogP contribution in [0.25, 0.3) is 0 Å². The Morgan fingerprint density at radius 2 is 1.64 bits per heavy atom. The topological polar surface area (TPSA) is 0 Å². The van der Waals surface area contributed by atoms with E-state index < -0.39 is 0 Å². The fourth-order valence-electron chi connectivity index (χ4n) is 1.47. The van der Waals surface area contributed by atoms with E-state index in [9.17, 15) is 0 Å². The molecule has 0 amide bonds. The Bertz CT molecular complexity index is 239. The van der Waals surface area contributed by atoms with Crippen LogP contribution < -0.4 is 0 Å². The molecule has 0 aromatic heterocycles. The van der Waals surface area contributed by atoms with E-state index in [0.717, 1.165) is 0 Å². The molecule has 0 bridgehead atoms. The molecule has 1 aliphatic carbocycles. The maximum Gasteiger partial charge on any atom is -0.00455 e. The van der Waals surface area contributed by atoms with Crippen LogP contribution >= 0.6 is 0 Å². The zero-order chi connectivity index (χ0) is 8.43. The molecule has 0 heteroatoms. The van der Waals surface area contributed by atoms with Gasteiger partial charge < -0.3 is 0 Å². The lowest BCUT2D eigenvalue weighted by molar-refractivity contribution is 0.858. The lowest BCUT2D eigenvalue weighted by atomic mass is 10.0. The van der Waals surface area contributed by atoms with Crippen LogP contribution in [0.5, 0.6) is 0 Å². The normalized spacial score (nSPS) is 25.1. The van der Waals surface area contributed by atoms with Crippen LogP contribution in [0.1, 0.15) is 27.7 Å². The second-order valence-electron chi connectivity index (χ2n) is 3.48. The van der Waals surface area contributed by atoms with Crippen molar-refractivity contribution in [1.82, 2.24) is 0 Å². The van der Waals surface area contributed by atoms with Crippen molar-refractivity contribution in [2.24, 2.45) is 5.92 Å². The van der Waals surface area contributed by atoms with E-state index in [0.29, 0.717) is 5.92 Å². The Hall–Kier alpha value is -0.780. The van der Waals surface area contributed by atoms with Crippen LogP contribution in [0, 0.1) is 5.92 Å². The van der Waals surface area contributed by atoms with Gasteiger partial charge in [0.05, 0.1) is 0 Å². The predicted molar refractivity (Wildman–Crippen MR) is 50.4 cm³/mol. The van der Waals surface area contributed by atoms with E-state index in [1.165, 1.54) is 16.7 Å². The molecule has 0 fully saturated rings. The summed E-state index contributed by atoms with van der Waals surface area (Å²) in [5.74, 6) is 0.601. The van der Waals surface area contributed by atoms with Gasteiger partial charge in [-0.15, -0.1) is 0 Å². The highest BCUT2D eigenvalue weighted by atomic mass is 14.1. The number of rotatable bonds is 0. The van der Waals surface area contributed by atoms with E-state index in [1.54, 1.807) is 0 Å². The highest BCUT2D eigenvalue weighted by Crippen LogP contribution is 2.20. The van der Waals surface area contributed by atoms with Crippen molar-refractivity contribution < 1.29 is 0 Å². The zero-order valence-electron chi connectivity index (χ0n) is 7.81. The van der Waals surface area contributed by atoms with Crippen molar-refractivity contribution in [2.75, 3.05) is 0 Å². The first-order valence-corrected chi connectivity index (χ1v) is 4.14. The summed E-state index contributed by atoms with van der Waals surface area (Å²) in [6.45, 7) is 8.74. The van der Waals surface area contributed by atoms with Gasteiger partial charge in [-0.05, 0) is 26.7 Å². The van der Waals surface area contributed by atoms with Crippen LogP contribution in [0.15, 0.2) is 34.9 Å². The van der Waals surface area contributed by atoms with E-state index in [1.807, 2.05) is 0 Å². The minimum absolute atomic E-state index is 0.601. The Labute approximate surface area is 69.3 Å². The standard InChI is InChI=1S/C11H16/c1-8-5-9(2)7-11(4)10(3)6-8/h5-7,10H,1-4H3. The van der Waals surface area contributed by atoms with Gasteiger partial charge in [0.1, 0.15) is 0 Å². The van der Waals surface area contributed by atoms with Gasteiger partial charge in [-0.1, -0.05) is 41.9 Å². The zero-order valence-corrected chi connectivity index (χ0v) is 7.81. The molecule has 0 aliphatic heterocycles. The molecule has 1 atom stereocenters. The smallest absolute Gasteiger partial charge is 0.00455 e. The van der Waals surface area contributed by atoms with E-state index in [2.05, 4.69) is 45.9 Å². The lowest BCUT2D eigenvalue weighted by Gasteiger charge is -2.04. The molecule has 0 aromatic rings. The van der Waals surface area contributed by atoms with Crippen LogP contribution in [0.3, 0.4) is 0 Å². The third-order valence-corrected chi connectivity index (χ3v) is 2.14. The average Bonchev–Trinajstić information content (AvgIpc) is 1.93. The molecule has 0 heterocycles. The molecule has 1 rings (SSSR count). The maximum absolute atomic E-state index is 2.31. The molecule has 0 nitrogen and oxygen atoms in total. The Morgan fingerprint density at radius 3 is 2.27 bits per heavy atom. The van der Waals surface area contributed by atoms with Crippen molar-refractivity contribution >= 4 is 0 Å². The summed E-state index contributed by atoms with van der Waals surface area (Å²) in [6, 6.07) is 0. The SMILES string of the molecule is CC1=CC(C)=CC(C)C(C)=C1. The summed E-state index contributed by atoms with van der Waals surface area (Å²) in [5, 5.41) is 0. The minimum Gasteiger partial charge on any atom is -0.0747 e. The average molecular weight is 148 g/mol. The highest BCUT2D eigenvalue weighted by Gasteiger charge is 2.03. The second kappa shape index (κ2) is 3.08. The fourth-order valence-corrected chi connectivity index (χ4v) is 1.47. The molecule has 0 saturated heterocycles. The van der Waals surface area contributed by atoms with Gasteiger partial charge in [0.15, 0.2) is 0 Å². The van der Waals surface area contributed by atoms with Crippen LogP contribution in [-0.2, 0) is 0 Å². The number of hydrogen-bond acceptors (Lipinski definition) is 0. The van der Waals surface area contributed by atoms with Crippen molar-refractivity contribution in [3.63, 3.8) is 0 Å². The largest absolute Gasteiger partial charge is 0.0747 e. The number of allylic oxidation sites excluding steroid dienone is 6. The molecule has 0 saturated carbocycles. The Kier molecular flexibility index (Phi) is 2.33. The molecule has 0 spiro atoms. The summed E-state index contributed by atoms with van der Waals surface area (Å²) in [4.78, 5) is 0. The van der Waals surface area contributed by atoms with Gasteiger partial charge >= 0.3 is 0 Å². The van der Waals surface area contributed by atoms with E-state index in [-0.39, 0.29) is 0 Å². The molecule has 0 radical (unpaired) electrons. The molecular weight excluding hydrogens is 132 g/mol. The predicted octanol–water partition coefficient (Wildman–Crippen LogP) is 3.48. The Balaban J connectivity index is 3.01. The van der Waals surface area contributed by atoms with Gasteiger partial charge in [0.25, 0.3) is 0 Å². The van der Waals surface area contributed by atoms with Crippen LogP contribution in [0.4, 0.5) is 0 Å². The first-order chi connectivity index (χ1) is 5.09. The first kappa shape index (κ1) is 8.32. The minimum atomic E-state index is 0.601. The molecule has 11 heavy (non-hydrogen) atoms. The summed E-state index contributed by atoms with van der Waals surface area (Å²) in [7, 11) is 0. The summed E-state index contributed by atoms with van der Waals surface area (Å²) in [6.07, 6.45) is 6.80. The Morgan fingerprint density at radius 1 is 1.00 bits per heavy atom. The molecule has 0 aromatic carbocycles.